The molecule has 2 aromatic carbocycles. The summed E-state index contributed by atoms with van der Waals surface area (Å²) in [6.45, 7) is 2.15. The van der Waals surface area contributed by atoms with Crippen molar-refractivity contribution in [2.45, 2.75) is 25.9 Å². The molecule has 0 unspecified atom stereocenters. The van der Waals surface area contributed by atoms with Crippen molar-refractivity contribution in [2.75, 3.05) is 11.4 Å². The van der Waals surface area contributed by atoms with Crippen LogP contribution in [-0.4, -0.2) is 11.5 Å². The molecule has 0 spiro atoms. The maximum Gasteiger partial charge on any atom is 0.253 e. The van der Waals surface area contributed by atoms with Gasteiger partial charge in [0.25, 0.3) is 5.56 Å². The predicted molar refractivity (Wildman–Crippen MR) is 98.3 cm³/mol. The number of rotatable bonds is 3. The molecule has 3 N–H and O–H groups in total. The van der Waals surface area contributed by atoms with Crippen LogP contribution in [0.1, 0.15) is 23.1 Å². The second kappa shape index (κ2) is 6.13. The first kappa shape index (κ1) is 15.0. The summed E-state index contributed by atoms with van der Waals surface area (Å²) in [4.78, 5) is 17.7. The lowest BCUT2D eigenvalue weighted by Gasteiger charge is -2.32. The molecule has 4 heteroatoms. The van der Waals surface area contributed by atoms with Gasteiger partial charge in [-0.1, -0.05) is 30.3 Å². The lowest BCUT2D eigenvalue weighted by atomic mass is 9.96. The third-order valence-electron chi connectivity index (χ3n) is 4.86. The zero-order valence-electron chi connectivity index (χ0n) is 13.6. The van der Waals surface area contributed by atoms with Crippen LogP contribution >= 0.6 is 0 Å². The van der Waals surface area contributed by atoms with Crippen molar-refractivity contribution in [2.24, 2.45) is 5.73 Å². The fourth-order valence-electron chi connectivity index (χ4n) is 3.64. The highest BCUT2D eigenvalue weighted by Crippen LogP contribution is 2.30. The number of aromatic amines is 1. The summed E-state index contributed by atoms with van der Waals surface area (Å²) >= 11 is 0. The topological polar surface area (TPSA) is 62.1 Å². The van der Waals surface area contributed by atoms with Gasteiger partial charge in [-0.2, -0.15) is 0 Å². The average Bonchev–Trinajstić information content (AvgIpc) is 2.62. The summed E-state index contributed by atoms with van der Waals surface area (Å²) in [5.41, 5.74) is 11.3. The van der Waals surface area contributed by atoms with E-state index in [1.54, 1.807) is 0 Å². The minimum absolute atomic E-state index is 0.00389. The van der Waals surface area contributed by atoms with Crippen LogP contribution in [0.2, 0.25) is 0 Å². The predicted octanol–water partition coefficient (Wildman–Crippen LogP) is 2.94. The van der Waals surface area contributed by atoms with Gasteiger partial charge in [-0.05, 0) is 47.6 Å². The Morgan fingerprint density at radius 1 is 1.08 bits per heavy atom. The number of hydrogen-bond acceptors (Lipinski definition) is 3. The summed E-state index contributed by atoms with van der Waals surface area (Å²) in [6.07, 6.45) is 2.16. The Kier molecular flexibility index (Phi) is 3.82. The maximum absolute atomic E-state index is 12.4. The Morgan fingerprint density at radius 3 is 2.83 bits per heavy atom. The molecule has 3 aromatic rings. The van der Waals surface area contributed by atoms with Crippen molar-refractivity contribution >= 4 is 16.6 Å². The third-order valence-corrected chi connectivity index (χ3v) is 4.86. The molecule has 4 rings (SSSR count). The molecule has 0 fully saturated rings. The summed E-state index contributed by atoms with van der Waals surface area (Å²) in [5, 5.41) is 1.07. The molecule has 0 atom stereocenters. The summed E-state index contributed by atoms with van der Waals surface area (Å²) in [6, 6.07) is 16.2. The molecule has 122 valence electrons. The van der Waals surface area contributed by atoms with E-state index in [-0.39, 0.29) is 5.56 Å². The van der Waals surface area contributed by atoms with E-state index in [4.69, 9.17) is 5.73 Å². The van der Waals surface area contributed by atoms with Gasteiger partial charge >= 0.3 is 0 Å². The molecule has 4 nitrogen and oxygen atoms in total. The van der Waals surface area contributed by atoms with E-state index in [0.29, 0.717) is 13.1 Å². The molecule has 0 aliphatic carbocycles. The first-order chi connectivity index (χ1) is 11.8. The van der Waals surface area contributed by atoms with Gasteiger partial charge in [0.15, 0.2) is 0 Å². The summed E-state index contributed by atoms with van der Waals surface area (Å²) in [7, 11) is 0. The minimum Gasteiger partial charge on any atom is -0.367 e. The van der Waals surface area contributed by atoms with E-state index in [1.165, 1.54) is 16.8 Å². The Balaban J connectivity index is 1.73. The lowest BCUT2D eigenvalue weighted by molar-refractivity contribution is 0.683. The minimum atomic E-state index is -0.00389. The maximum atomic E-state index is 12.4. The largest absolute Gasteiger partial charge is 0.367 e. The second-order valence-corrected chi connectivity index (χ2v) is 6.35. The monoisotopic (exact) mass is 319 g/mol. The van der Waals surface area contributed by atoms with Crippen LogP contribution in [0.3, 0.4) is 0 Å². The molecule has 0 amide bonds. The van der Waals surface area contributed by atoms with Gasteiger partial charge in [0.05, 0.1) is 0 Å². The standard InChI is InChI=1S/C20H21N3O/c21-12-15-6-3-9-19-17(15)7-4-10-23(19)13-16-11-14-5-1-2-8-18(14)22-20(16)24/h1-3,5-6,8-9,11H,4,7,10,12-13,21H2,(H,22,24). The number of hydrogen-bond donors (Lipinski definition) is 2. The Bertz CT molecular complexity index is 945. The van der Waals surface area contributed by atoms with Gasteiger partial charge in [-0.25, -0.2) is 0 Å². The quantitative estimate of drug-likeness (QED) is 0.780. The number of pyridine rings is 1. The van der Waals surface area contributed by atoms with Gasteiger partial charge in [0, 0.05) is 36.4 Å². The first-order valence-electron chi connectivity index (χ1n) is 8.43. The zero-order chi connectivity index (χ0) is 16.5. The van der Waals surface area contributed by atoms with E-state index < -0.39 is 0 Å². The third kappa shape index (κ3) is 2.59. The highest BCUT2D eigenvalue weighted by atomic mass is 16.1. The molecule has 0 saturated carbocycles. The van der Waals surface area contributed by atoms with E-state index in [9.17, 15) is 4.79 Å². The number of H-pyrrole nitrogens is 1. The number of aromatic nitrogens is 1. The van der Waals surface area contributed by atoms with E-state index >= 15 is 0 Å². The smallest absolute Gasteiger partial charge is 0.253 e. The van der Waals surface area contributed by atoms with Crippen LogP contribution < -0.4 is 16.2 Å². The lowest BCUT2D eigenvalue weighted by Crippen LogP contribution is -2.32. The molecule has 0 bridgehead atoms. The number of nitrogens with two attached hydrogens (primary N) is 1. The number of para-hydroxylation sites is 1. The highest BCUT2D eigenvalue weighted by Gasteiger charge is 2.20. The Morgan fingerprint density at radius 2 is 1.96 bits per heavy atom. The van der Waals surface area contributed by atoms with Gasteiger partial charge in [0.2, 0.25) is 0 Å². The number of fused-ring (bicyclic) bond motifs is 2. The first-order valence-corrected chi connectivity index (χ1v) is 8.43. The van der Waals surface area contributed by atoms with E-state index in [0.717, 1.165) is 35.9 Å². The normalized spacial score (nSPS) is 14.0. The van der Waals surface area contributed by atoms with Crippen molar-refractivity contribution < 1.29 is 0 Å². The van der Waals surface area contributed by atoms with Gasteiger partial charge in [-0.3, -0.25) is 4.79 Å². The SMILES string of the molecule is NCc1cccc2c1CCCN2Cc1cc2ccccc2[nH]c1=O. The number of nitrogens with one attached hydrogen (secondary N) is 1. The molecule has 1 aliphatic heterocycles. The molecule has 0 saturated heterocycles. The average molecular weight is 319 g/mol. The molecular weight excluding hydrogens is 298 g/mol. The van der Waals surface area contributed by atoms with Crippen LogP contribution in [0.25, 0.3) is 10.9 Å². The van der Waals surface area contributed by atoms with Gasteiger partial charge < -0.3 is 15.6 Å². The number of anilines is 1. The van der Waals surface area contributed by atoms with Crippen molar-refractivity contribution in [3.05, 3.63) is 75.6 Å². The fourth-order valence-corrected chi connectivity index (χ4v) is 3.64. The van der Waals surface area contributed by atoms with Crippen molar-refractivity contribution in [3.8, 4) is 0 Å². The Labute approximate surface area is 140 Å². The van der Waals surface area contributed by atoms with E-state index in [2.05, 4.69) is 28.1 Å². The molecule has 1 aliphatic rings. The number of nitrogens with zero attached hydrogens (tertiary/aromatic N) is 1. The molecule has 2 heterocycles. The van der Waals surface area contributed by atoms with E-state index in [1.807, 2.05) is 30.3 Å². The molecule has 1 aromatic heterocycles. The second-order valence-electron chi connectivity index (χ2n) is 6.35. The molecule has 24 heavy (non-hydrogen) atoms. The summed E-state index contributed by atoms with van der Waals surface area (Å²) in [5.74, 6) is 0. The molecule has 0 radical (unpaired) electrons. The van der Waals surface area contributed by atoms with Gasteiger partial charge in [0.1, 0.15) is 0 Å². The van der Waals surface area contributed by atoms with Crippen LogP contribution in [-0.2, 0) is 19.5 Å². The molecular formula is C20H21N3O. The number of benzene rings is 2. The van der Waals surface area contributed by atoms with Crippen molar-refractivity contribution in [1.82, 2.24) is 4.98 Å². The van der Waals surface area contributed by atoms with Crippen molar-refractivity contribution in [1.29, 1.82) is 0 Å². The fraction of sp³-hybridized carbons (Fsp3) is 0.250. The van der Waals surface area contributed by atoms with Crippen molar-refractivity contribution in [3.63, 3.8) is 0 Å². The van der Waals surface area contributed by atoms with Crippen LogP contribution in [0.15, 0.2) is 53.3 Å². The van der Waals surface area contributed by atoms with Crippen LogP contribution in [0.4, 0.5) is 5.69 Å². The van der Waals surface area contributed by atoms with Crippen LogP contribution in [0, 0.1) is 0 Å². The highest BCUT2D eigenvalue weighted by molar-refractivity contribution is 5.78. The van der Waals surface area contributed by atoms with Crippen LogP contribution in [0.5, 0.6) is 0 Å². The van der Waals surface area contributed by atoms with Gasteiger partial charge in [-0.15, -0.1) is 0 Å². The zero-order valence-corrected chi connectivity index (χ0v) is 13.6. The Hall–Kier alpha value is -2.59. The summed E-state index contributed by atoms with van der Waals surface area (Å²) < 4.78 is 0.